The van der Waals surface area contributed by atoms with Crippen LogP contribution >= 0.6 is 0 Å². The Kier molecular flexibility index (Phi) is 3.84. The fourth-order valence-electron chi connectivity index (χ4n) is 1.98. The molecule has 18 heavy (non-hydrogen) atoms. The molecule has 2 rings (SSSR count). The molecule has 98 valence electrons. The maximum Gasteiger partial charge on any atom is 0.225 e. The largest absolute Gasteiger partial charge is 0.470 e. The van der Waals surface area contributed by atoms with Crippen LogP contribution in [0.15, 0.2) is 18.2 Å². The highest BCUT2D eigenvalue weighted by Crippen LogP contribution is 2.24. The number of nitrogens with zero attached hydrogens (tertiary/aromatic N) is 1. The first kappa shape index (κ1) is 12.9. The number of carbonyl (C=O) groups excluding carboxylic acids is 1. The minimum atomic E-state index is -0.383. The normalized spacial score (nSPS) is 15.6. The van der Waals surface area contributed by atoms with Crippen LogP contribution < -0.4 is 4.74 Å². The van der Waals surface area contributed by atoms with Gasteiger partial charge in [0.2, 0.25) is 5.91 Å². The predicted molar refractivity (Wildman–Crippen MR) is 66.9 cm³/mol. The van der Waals surface area contributed by atoms with Crippen molar-refractivity contribution in [3.63, 3.8) is 0 Å². The minimum Gasteiger partial charge on any atom is -0.470 e. The Bertz CT molecular complexity index is 445. The molecule has 1 aliphatic rings. The van der Waals surface area contributed by atoms with Crippen molar-refractivity contribution in [3.8, 4) is 5.75 Å². The van der Waals surface area contributed by atoms with Crippen molar-refractivity contribution in [1.29, 1.82) is 0 Å². The molecule has 0 saturated carbocycles. The zero-order valence-electron chi connectivity index (χ0n) is 10.8. The fraction of sp³-hybridized carbons (Fsp3) is 0.500. The molecule has 1 aromatic carbocycles. The summed E-state index contributed by atoms with van der Waals surface area (Å²) in [5, 5.41) is 0. The first-order valence-corrected chi connectivity index (χ1v) is 6.28. The number of carbonyl (C=O) groups is 1. The third-order valence-electron chi connectivity index (χ3n) is 3.17. The monoisotopic (exact) mass is 251 g/mol. The van der Waals surface area contributed by atoms with E-state index >= 15 is 0 Å². The van der Waals surface area contributed by atoms with E-state index in [-0.39, 0.29) is 24.2 Å². The van der Waals surface area contributed by atoms with E-state index < -0.39 is 0 Å². The molecule has 4 heteroatoms. The Morgan fingerprint density at radius 1 is 1.44 bits per heavy atom. The lowest BCUT2D eigenvalue weighted by Crippen LogP contribution is -2.29. The molecule has 1 amide bonds. The standard InChI is InChI=1S/C14H18FNO2/c1-10(2)11-5-6-12(15)13(8-11)18-9-16-7-3-4-14(16)17/h5-6,8,10H,3-4,7,9H2,1-2H3. The summed E-state index contributed by atoms with van der Waals surface area (Å²) >= 11 is 0. The number of likely N-dealkylation sites (tertiary alicyclic amines) is 1. The van der Waals surface area contributed by atoms with Gasteiger partial charge in [-0.15, -0.1) is 0 Å². The lowest BCUT2D eigenvalue weighted by Gasteiger charge is -2.17. The lowest BCUT2D eigenvalue weighted by molar-refractivity contribution is -0.130. The van der Waals surface area contributed by atoms with E-state index in [9.17, 15) is 9.18 Å². The zero-order chi connectivity index (χ0) is 13.1. The number of hydrogen-bond acceptors (Lipinski definition) is 2. The fourth-order valence-corrected chi connectivity index (χ4v) is 1.98. The topological polar surface area (TPSA) is 29.5 Å². The van der Waals surface area contributed by atoms with E-state index in [4.69, 9.17) is 4.74 Å². The van der Waals surface area contributed by atoms with Gasteiger partial charge in [0.1, 0.15) is 0 Å². The molecule has 1 saturated heterocycles. The van der Waals surface area contributed by atoms with Crippen molar-refractivity contribution in [1.82, 2.24) is 4.90 Å². The molecular formula is C14H18FNO2. The van der Waals surface area contributed by atoms with Gasteiger partial charge in [-0.05, 0) is 30.0 Å². The summed E-state index contributed by atoms with van der Waals surface area (Å²) in [7, 11) is 0. The van der Waals surface area contributed by atoms with Crippen molar-refractivity contribution in [3.05, 3.63) is 29.6 Å². The average molecular weight is 251 g/mol. The average Bonchev–Trinajstić information content (AvgIpc) is 2.73. The van der Waals surface area contributed by atoms with Gasteiger partial charge in [0.15, 0.2) is 18.3 Å². The van der Waals surface area contributed by atoms with Crippen LogP contribution in [0.25, 0.3) is 0 Å². The predicted octanol–water partition coefficient (Wildman–Crippen LogP) is 2.91. The number of rotatable bonds is 4. The Labute approximate surface area is 107 Å². The van der Waals surface area contributed by atoms with Gasteiger partial charge in [-0.2, -0.15) is 0 Å². The molecule has 1 aromatic rings. The summed E-state index contributed by atoms with van der Waals surface area (Å²) in [4.78, 5) is 13.0. The van der Waals surface area contributed by atoms with Gasteiger partial charge in [0.05, 0.1) is 0 Å². The Morgan fingerprint density at radius 2 is 2.22 bits per heavy atom. The van der Waals surface area contributed by atoms with Crippen LogP contribution in [0.5, 0.6) is 5.75 Å². The Balaban J connectivity index is 2.04. The van der Waals surface area contributed by atoms with Crippen LogP contribution in [0.1, 0.15) is 38.2 Å². The molecule has 0 spiro atoms. The molecule has 0 N–H and O–H groups in total. The molecule has 0 radical (unpaired) electrons. The Morgan fingerprint density at radius 3 is 2.83 bits per heavy atom. The number of ether oxygens (including phenoxy) is 1. The maximum atomic E-state index is 13.6. The van der Waals surface area contributed by atoms with E-state index in [0.29, 0.717) is 18.9 Å². The first-order chi connectivity index (χ1) is 8.58. The number of benzene rings is 1. The zero-order valence-corrected chi connectivity index (χ0v) is 10.8. The molecule has 1 aliphatic heterocycles. The van der Waals surface area contributed by atoms with Gasteiger partial charge in [-0.1, -0.05) is 19.9 Å². The van der Waals surface area contributed by atoms with Crippen LogP contribution in [0.4, 0.5) is 4.39 Å². The van der Waals surface area contributed by atoms with E-state index in [2.05, 4.69) is 0 Å². The van der Waals surface area contributed by atoms with Crippen molar-refractivity contribution < 1.29 is 13.9 Å². The van der Waals surface area contributed by atoms with E-state index in [1.165, 1.54) is 6.07 Å². The highest BCUT2D eigenvalue weighted by atomic mass is 19.1. The van der Waals surface area contributed by atoms with Crippen LogP contribution in [0, 0.1) is 5.82 Å². The van der Waals surface area contributed by atoms with Gasteiger partial charge in [0, 0.05) is 13.0 Å². The quantitative estimate of drug-likeness (QED) is 0.823. The third-order valence-corrected chi connectivity index (χ3v) is 3.17. The van der Waals surface area contributed by atoms with Crippen molar-refractivity contribution in [2.24, 2.45) is 0 Å². The van der Waals surface area contributed by atoms with Gasteiger partial charge >= 0.3 is 0 Å². The second kappa shape index (κ2) is 5.38. The van der Waals surface area contributed by atoms with Crippen molar-refractivity contribution in [2.75, 3.05) is 13.3 Å². The van der Waals surface area contributed by atoms with Crippen molar-refractivity contribution >= 4 is 5.91 Å². The first-order valence-electron chi connectivity index (χ1n) is 6.28. The molecule has 0 atom stereocenters. The molecule has 1 fully saturated rings. The van der Waals surface area contributed by atoms with E-state index in [1.807, 2.05) is 13.8 Å². The van der Waals surface area contributed by atoms with Gasteiger partial charge in [-0.3, -0.25) is 4.79 Å². The SMILES string of the molecule is CC(C)c1ccc(F)c(OCN2CCCC2=O)c1. The van der Waals surface area contributed by atoms with Gasteiger partial charge in [-0.25, -0.2) is 4.39 Å². The van der Waals surface area contributed by atoms with Gasteiger partial charge < -0.3 is 9.64 Å². The smallest absolute Gasteiger partial charge is 0.225 e. The van der Waals surface area contributed by atoms with E-state index in [0.717, 1.165) is 12.0 Å². The molecule has 0 bridgehead atoms. The number of halogens is 1. The summed E-state index contributed by atoms with van der Waals surface area (Å²) in [6, 6.07) is 4.88. The van der Waals surface area contributed by atoms with Crippen molar-refractivity contribution in [2.45, 2.75) is 32.6 Å². The van der Waals surface area contributed by atoms with E-state index in [1.54, 1.807) is 17.0 Å². The summed E-state index contributed by atoms with van der Waals surface area (Å²) < 4.78 is 19.0. The summed E-state index contributed by atoms with van der Waals surface area (Å²) in [5.74, 6) is 0.240. The number of hydrogen-bond donors (Lipinski definition) is 0. The van der Waals surface area contributed by atoms with Crippen LogP contribution in [0.3, 0.4) is 0 Å². The minimum absolute atomic E-state index is 0.0791. The lowest BCUT2D eigenvalue weighted by atomic mass is 10.0. The highest BCUT2D eigenvalue weighted by Gasteiger charge is 2.20. The van der Waals surface area contributed by atoms with Gasteiger partial charge in [0.25, 0.3) is 0 Å². The van der Waals surface area contributed by atoms with Crippen LogP contribution in [-0.4, -0.2) is 24.1 Å². The second-order valence-electron chi connectivity index (χ2n) is 4.88. The maximum absolute atomic E-state index is 13.6. The number of amides is 1. The summed E-state index contributed by atoms with van der Waals surface area (Å²) in [5.41, 5.74) is 1.03. The molecule has 0 aliphatic carbocycles. The Hall–Kier alpha value is -1.58. The second-order valence-corrected chi connectivity index (χ2v) is 4.88. The molecular weight excluding hydrogens is 233 g/mol. The summed E-state index contributed by atoms with van der Waals surface area (Å²) in [6.45, 7) is 4.92. The highest BCUT2D eigenvalue weighted by molar-refractivity contribution is 5.77. The third kappa shape index (κ3) is 2.81. The molecule has 3 nitrogen and oxygen atoms in total. The molecule has 0 aromatic heterocycles. The molecule has 0 unspecified atom stereocenters. The molecule has 1 heterocycles. The van der Waals surface area contributed by atoms with Crippen LogP contribution in [-0.2, 0) is 4.79 Å². The van der Waals surface area contributed by atoms with Crippen LogP contribution in [0.2, 0.25) is 0 Å². The summed E-state index contributed by atoms with van der Waals surface area (Å²) in [6.07, 6.45) is 1.43.